The first kappa shape index (κ1) is 11.2. The molecule has 1 aromatic heterocycles. The van der Waals surface area contributed by atoms with E-state index in [1.807, 2.05) is 18.2 Å². The normalized spacial score (nSPS) is 19.3. The largest absolute Gasteiger partial charge is 0.384 e. The molecule has 3 N–H and O–H groups in total. The van der Waals surface area contributed by atoms with Crippen LogP contribution in [0.3, 0.4) is 0 Å². The molecule has 0 atom stereocenters. The molecule has 3 heteroatoms. The van der Waals surface area contributed by atoms with Crippen LogP contribution >= 0.6 is 0 Å². The van der Waals surface area contributed by atoms with Crippen molar-refractivity contribution in [2.24, 2.45) is 5.41 Å². The number of hydrogen-bond donors (Lipinski definition) is 2. The Morgan fingerprint density at radius 2 is 2.06 bits per heavy atom. The predicted octanol–water partition coefficient (Wildman–Crippen LogP) is 3.05. The number of anilines is 2. The quantitative estimate of drug-likeness (QED) is 0.821. The lowest BCUT2D eigenvalue weighted by Crippen LogP contribution is -2.29. The molecule has 3 nitrogen and oxygen atoms in total. The lowest BCUT2D eigenvalue weighted by Gasteiger charge is -2.33. The molecule has 2 rings (SSSR count). The highest BCUT2D eigenvalue weighted by molar-refractivity contribution is 5.42. The van der Waals surface area contributed by atoms with Crippen LogP contribution in [-0.2, 0) is 0 Å². The van der Waals surface area contributed by atoms with E-state index in [1.165, 1.54) is 32.1 Å². The van der Waals surface area contributed by atoms with Crippen molar-refractivity contribution in [3.05, 3.63) is 18.2 Å². The van der Waals surface area contributed by atoms with Gasteiger partial charge in [-0.05, 0) is 30.4 Å². The summed E-state index contributed by atoms with van der Waals surface area (Å²) >= 11 is 0. The van der Waals surface area contributed by atoms with Gasteiger partial charge >= 0.3 is 0 Å². The second-order valence-electron chi connectivity index (χ2n) is 5.17. The van der Waals surface area contributed by atoms with Gasteiger partial charge in [-0.2, -0.15) is 0 Å². The van der Waals surface area contributed by atoms with Crippen LogP contribution in [0.2, 0.25) is 0 Å². The van der Waals surface area contributed by atoms with Gasteiger partial charge in [-0.25, -0.2) is 4.98 Å². The van der Waals surface area contributed by atoms with Gasteiger partial charge in [0.15, 0.2) is 0 Å². The molecular formula is C13H21N3. The van der Waals surface area contributed by atoms with E-state index in [0.717, 1.165) is 12.4 Å². The molecule has 16 heavy (non-hydrogen) atoms. The average Bonchev–Trinajstić information content (AvgIpc) is 2.28. The standard InChI is InChI=1S/C13H21N3/c1-13(8-3-2-4-9-13)10-15-12-7-5-6-11(14)16-12/h5-7H,2-4,8-10H2,1H3,(H3,14,15,16). The smallest absolute Gasteiger partial charge is 0.128 e. The SMILES string of the molecule is CC1(CNc2cccc(N)n2)CCCCC1. The fourth-order valence-electron chi connectivity index (χ4n) is 2.44. The summed E-state index contributed by atoms with van der Waals surface area (Å²) in [5, 5.41) is 3.40. The summed E-state index contributed by atoms with van der Waals surface area (Å²) in [7, 11) is 0. The van der Waals surface area contributed by atoms with Crippen LogP contribution < -0.4 is 11.1 Å². The topological polar surface area (TPSA) is 50.9 Å². The van der Waals surface area contributed by atoms with Crippen LogP contribution in [-0.4, -0.2) is 11.5 Å². The molecular weight excluding hydrogens is 198 g/mol. The van der Waals surface area contributed by atoms with Gasteiger partial charge in [0, 0.05) is 6.54 Å². The lowest BCUT2D eigenvalue weighted by atomic mass is 9.76. The highest BCUT2D eigenvalue weighted by Crippen LogP contribution is 2.35. The van der Waals surface area contributed by atoms with Crippen LogP contribution in [0.4, 0.5) is 11.6 Å². The van der Waals surface area contributed by atoms with Crippen molar-refractivity contribution in [1.29, 1.82) is 0 Å². The second kappa shape index (κ2) is 4.73. The molecule has 0 aliphatic heterocycles. The molecule has 1 aromatic rings. The molecule has 0 unspecified atom stereocenters. The Morgan fingerprint density at radius 3 is 2.75 bits per heavy atom. The van der Waals surface area contributed by atoms with Gasteiger partial charge < -0.3 is 11.1 Å². The summed E-state index contributed by atoms with van der Waals surface area (Å²) in [4.78, 5) is 4.26. The number of nitrogens with zero attached hydrogens (tertiary/aromatic N) is 1. The summed E-state index contributed by atoms with van der Waals surface area (Å²) in [6, 6.07) is 5.73. The monoisotopic (exact) mass is 219 g/mol. The maximum Gasteiger partial charge on any atom is 0.128 e. The summed E-state index contributed by atoms with van der Waals surface area (Å²) in [5.41, 5.74) is 6.08. The Morgan fingerprint density at radius 1 is 1.31 bits per heavy atom. The van der Waals surface area contributed by atoms with Crippen molar-refractivity contribution >= 4 is 11.6 Å². The first-order chi connectivity index (χ1) is 7.68. The first-order valence-electron chi connectivity index (χ1n) is 6.14. The third-order valence-electron chi connectivity index (χ3n) is 3.53. The Balaban J connectivity index is 1.91. The minimum absolute atomic E-state index is 0.435. The van der Waals surface area contributed by atoms with Crippen molar-refractivity contribution in [3.63, 3.8) is 0 Å². The molecule has 1 fully saturated rings. The minimum Gasteiger partial charge on any atom is -0.384 e. The summed E-state index contributed by atoms with van der Waals surface area (Å²) < 4.78 is 0. The van der Waals surface area contributed by atoms with Gasteiger partial charge in [-0.1, -0.05) is 32.3 Å². The van der Waals surface area contributed by atoms with Crippen LogP contribution in [0.25, 0.3) is 0 Å². The third-order valence-corrected chi connectivity index (χ3v) is 3.53. The molecule has 0 amide bonds. The lowest BCUT2D eigenvalue weighted by molar-refractivity contribution is 0.233. The van der Waals surface area contributed by atoms with Gasteiger partial charge in [0.2, 0.25) is 0 Å². The summed E-state index contributed by atoms with van der Waals surface area (Å²) in [6.07, 6.45) is 6.77. The molecule has 1 saturated carbocycles. The van der Waals surface area contributed by atoms with Crippen molar-refractivity contribution in [2.45, 2.75) is 39.0 Å². The maximum atomic E-state index is 5.65. The van der Waals surface area contributed by atoms with Gasteiger partial charge in [0.25, 0.3) is 0 Å². The zero-order chi connectivity index (χ0) is 11.4. The number of nitrogen functional groups attached to an aromatic ring is 1. The van der Waals surface area contributed by atoms with Crippen LogP contribution in [0.15, 0.2) is 18.2 Å². The van der Waals surface area contributed by atoms with E-state index in [0.29, 0.717) is 11.2 Å². The molecule has 0 radical (unpaired) electrons. The first-order valence-corrected chi connectivity index (χ1v) is 6.14. The van der Waals surface area contributed by atoms with Crippen molar-refractivity contribution < 1.29 is 0 Å². The molecule has 0 aromatic carbocycles. The van der Waals surface area contributed by atoms with Crippen LogP contribution in [0.1, 0.15) is 39.0 Å². The zero-order valence-corrected chi connectivity index (χ0v) is 10.00. The Kier molecular flexibility index (Phi) is 3.32. The zero-order valence-electron chi connectivity index (χ0n) is 10.00. The fourth-order valence-corrected chi connectivity index (χ4v) is 2.44. The third kappa shape index (κ3) is 2.87. The van der Waals surface area contributed by atoms with Gasteiger partial charge in [-0.3, -0.25) is 0 Å². The van der Waals surface area contributed by atoms with Crippen LogP contribution in [0, 0.1) is 5.41 Å². The number of hydrogen-bond acceptors (Lipinski definition) is 3. The molecule has 1 aliphatic carbocycles. The maximum absolute atomic E-state index is 5.65. The number of rotatable bonds is 3. The summed E-state index contributed by atoms with van der Waals surface area (Å²) in [6.45, 7) is 3.37. The van der Waals surface area contributed by atoms with Crippen LogP contribution in [0.5, 0.6) is 0 Å². The fraction of sp³-hybridized carbons (Fsp3) is 0.615. The number of nitrogens with two attached hydrogens (primary N) is 1. The molecule has 0 saturated heterocycles. The number of nitrogens with one attached hydrogen (secondary N) is 1. The molecule has 0 bridgehead atoms. The van der Waals surface area contributed by atoms with Gasteiger partial charge in [0.05, 0.1) is 0 Å². The van der Waals surface area contributed by atoms with E-state index in [-0.39, 0.29) is 0 Å². The Labute approximate surface area is 97.5 Å². The van der Waals surface area contributed by atoms with E-state index in [2.05, 4.69) is 17.2 Å². The van der Waals surface area contributed by atoms with E-state index in [4.69, 9.17) is 5.73 Å². The average molecular weight is 219 g/mol. The number of pyridine rings is 1. The van der Waals surface area contributed by atoms with Crippen molar-refractivity contribution in [2.75, 3.05) is 17.6 Å². The van der Waals surface area contributed by atoms with Gasteiger partial charge in [-0.15, -0.1) is 0 Å². The van der Waals surface area contributed by atoms with Crippen molar-refractivity contribution in [1.82, 2.24) is 4.98 Å². The predicted molar refractivity (Wildman–Crippen MR) is 68.3 cm³/mol. The van der Waals surface area contributed by atoms with Crippen molar-refractivity contribution in [3.8, 4) is 0 Å². The van der Waals surface area contributed by atoms with E-state index >= 15 is 0 Å². The molecule has 88 valence electrons. The van der Waals surface area contributed by atoms with E-state index in [9.17, 15) is 0 Å². The van der Waals surface area contributed by atoms with Gasteiger partial charge in [0.1, 0.15) is 11.6 Å². The highest BCUT2D eigenvalue weighted by Gasteiger charge is 2.26. The minimum atomic E-state index is 0.435. The Bertz CT molecular complexity index is 343. The molecule has 1 heterocycles. The van der Waals surface area contributed by atoms with E-state index < -0.39 is 0 Å². The highest BCUT2D eigenvalue weighted by atomic mass is 15.0. The van der Waals surface area contributed by atoms with E-state index in [1.54, 1.807) is 0 Å². The molecule has 0 spiro atoms. The molecule has 1 aliphatic rings. The Hall–Kier alpha value is -1.25. The second-order valence-corrected chi connectivity index (χ2v) is 5.17. The number of aromatic nitrogens is 1. The summed E-state index contributed by atoms with van der Waals surface area (Å²) in [5.74, 6) is 1.48.